The lowest BCUT2D eigenvalue weighted by molar-refractivity contribution is -0.134. The van der Waals surface area contributed by atoms with Crippen LogP contribution in [0.3, 0.4) is 0 Å². The number of nitrogens with two attached hydrogens (primary N) is 2. The molecule has 0 aliphatic rings. The number of carboxylic acid groups (broad SMARTS) is 1. The molecule has 2 atom stereocenters. The largest absolute Gasteiger partial charge is 0.481 e. The number of amides is 4. The molecule has 0 bridgehead atoms. The van der Waals surface area contributed by atoms with Crippen molar-refractivity contribution in [3.63, 3.8) is 0 Å². The average molecular weight is 452 g/mol. The van der Waals surface area contributed by atoms with E-state index in [1.807, 2.05) is 44.2 Å². The van der Waals surface area contributed by atoms with Gasteiger partial charge in [-0.05, 0) is 17.9 Å². The van der Waals surface area contributed by atoms with E-state index in [4.69, 9.17) is 21.4 Å². The first-order chi connectivity index (χ1) is 15.0. The van der Waals surface area contributed by atoms with Gasteiger partial charge in [-0.3, -0.25) is 24.0 Å². The number of hydrogen-bond donors (Lipinski definition) is 6. The Bertz CT molecular complexity index is 765. The number of carbonyl (C=O) groups is 5. The van der Waals surface area contributed by atoms with Crippen LogP contribution in [0.15, 0.2) is 30.3 Å². The van der Waals surface area contributed by atoms with E-state index in [1.165, 1.54) is 0 Å². The van der Waals surface area contributed by atoms with Gasteiger partial charge in [-0.15, -0.1) is 0 Å². The SMILES string of the molecule is CC(=O)O.CC(C)C[C@H](NC(=O)[C@H](Cc1ccccc1)NC(=O)CNC(=O)CN)C(N)=O. The van der Waals surface area contributed by atoms with Gasteiger partial charge in [-0.2, -0.15) is 0 Å². The van der Waals surface area contributed by atoms with Crippen LogP contribution in [0.25, 0.3) is 0 Å². The van der Waals surface area contributed by atoms with Crippen LogP contribution in [-0.4, -0.2) is 59.9 Å². The first kappa shape index (κ1) is 28.5. The Morgan fingerprint density at radius 2 is 1.53 bits per heavy atom. The van der Waals surface area contributed by atoms with Crippen molar-refractivity contribution in [3.05, 3.63) is 35.9 Å². The summed E-state index contributed by atoms with van der Waals surface area (Å²) in [4.78, 5) is 56.7. The standard InChI is InChI=1S/C19H29N5O4.C2H4O2/c1-12(2)8-14(18(21)27)24-19(28)15(9-13-6-4-3-5-7-13)23-17(26)11-22-16(25)10-20;1-2(3)4/h3-7,12,14-15H,8-11,20H2,1-2H3,(H2,21,27)(H,22,25)(H,23,26)(H,24,28);1H3,(H,3,4)/t14-,15-;/m0./s1. The maximum atomic E-state index is 12.7. The molecule has 0 aromatic heterocycles. The molecule has 0 saturated heterocycles. The van der Waals surface area contributed by atoms with Crippen LogP contribution in [0.2, 0.25) is 0 Å². The first-order valence-corrected chi connectivity index (χ1v) is 10.1. The lowest BCUT2D eigenvalue weighted by atomic mass is 10.0. The predicted molar refractivity (Wildman–Crippen MR) is 118 cm³/mol. The lowest BCUT2D eigenvalue weighted by Gasteiger charge is -2.23. The molecule has 1 rings (SSSR count). The zero-order chi connectivity index (χ0) is 24.7. The van der Waals surface area contributed by atoms with E-state index < -0.39 is 41.7 Å². The highest BCUT2D eigenvalue weighted by Crippen LogP contribution is 2.07. The van der Waals surface area contributed by atoms with Gasteiger partial charge in [0.25, 0.3) is 5.97 Å². The summed E-state index contributed by atoms with van der Waals surface area (Å²) in [5.74, 6) is -2.87. The van der Waals surface area contributed by atoms with Crippen molar-refractivity contribution in [2.75, 3.05) is 13.1 Å². The van der Waals surface area contributed by atoms with Crippen LogP contribution < -0.4 is 27.4 Å². The third-order valence-electron chi connectivity index (χ3n) is 3.93. The fourth-order valence-electron chi connectivity index (χ4n) is 2.55. The number of benzene rings is 1. The molecule has 0 radical (unpaired) electrons. The van der Waals surface area contributed by atoms with Crippen molar-refractivity contribution >= 4 is 29.6 Å². The van der Waals surface area contributed by atoms with E-state index >= 15 is 0 Å². The number of carboxylic acids is 1. The molecule has 1 aromatic carbocycles. The number of nitrogens with one attached hydrogen (secondary N) is 3. The topological polar surface area (TPSA) is 194 Å². The van der Waals surface area contributed by atoms with E-state index in [1.54, 1.807) is 0 Å². The highest BCUT2D eigenvalue weighted by molar-refractivity contribution is 5.93. The van der Waals surface area contributed by atoms with Crippen molar-refractivity contribution in [2.24, 2.45) is 17.4 Å². The fraction of sp³-hybridized carbons (Fsp3) is 0.476. The highest BCUT2D eigenvalue weighted by atomic mass is 16.4. The van der Waals surface area contributed by atoms with Crippen molar-refractivity contribution in [3.8, 4) is 0 Å². The Labute approximate surface area is 187 Å². The van der Waals surface area contributed by atoms with Crippen molar-refractivity contribution in [1.29, 1.82) is 0 Å². The predicted octanol–water partition coefficient (Wildman–Crippen LogP) is -1.10. The van der Waals surface area contributed by atoms with Gasteiger partial charge in [0, 0.05) is 13.3 Å². The zero-order valence-electron chi connectivity index (χ0n) is 18.6. The van der Waals surface area contributed by atoms with E-state index in [9.17, 15) is 19.2 Å². The molecule has 0 fully saturated rings. The smallest absolute Gasteiger partial charge is 0.300 e. The van der Waals surface area contributed by atoms with E-state index in [0.717, 1.165) is 12.5 Å². The molecular weight excluding hydrogens is 418 g/mol. The van der Waals surface area contributed by atoms with Crippen molar-refractivity contribution < 1.29 is 29.1 Å². The van der Waals surface area contributed by atoms with E-state index in [2.05, 4.69) is 16.0 Å². The summed E-state index contributed by atoms with van der Waals surface area (Å²) >= 11 is 0. The maximum Gasteiger partial charge on any atom is 0.300 e. The van der Waals surface area contributed by atoms with Gasteiger partial charge < -0.3 is 32.5 Å². The quantitative estimate of drug-likeness (QED) is 0.245. The van der Waals surface area contributed by atoms with Crippen LogP contribution in [-0.2, 0) is 30.4 Å². The minimum absolute atomic E-state index is 0.145. The molecular formula is C21H33N5O6. The minimum atomic E-state index is -0.932. The van der Waals surface area contributed by atoms with Crippen molar-refractivity contribution in [1.82, 2.24) is 16.0 Å². The van der Waals surface area contributed by atoms with Gasteiger partial charge in [-0.1, -0.05) is 44.2 Å². The van der Waals surface area contributed by atoms with Crippen molar-refractivity contribution in [2.45, 2.75) is 45.7 Å². The third-order valence-corrected chi connectivity index (χ3v) is 3.93. The summed E-state index contributed by atoms with van der Waals surface area (Å²) in [5.41, 5.74) is 11.4. The molecule has 11 nitrogen and oxygen atoms in total. The van der Waals surface area contributed by atoms with Gasteiger partial charge in [0.05, 0.1) is 13.1 Å². The molecule has 8 N–H and O–H groups in total. The third kappa shape index (κ3) is 13.7. The second-order valence-electron chi connectivity index (χ2n) is 7.40. The summed E-state index contributed by atoms with van der Waals surface area (Å²) in [6, 6.07) is 7.35. The molecule has 0 aliphatic carbocycles. The summed E-state index contributed by atoms with van der Waals surface area (Å²) in [7, 11) is 0. The maximum absolute atomic E-state index is 12.7. The minimum Gasteiger partial charge on any atom is -0.481 e. The lowest BCUT2D eigenvalue weighted by Crippen LogP contribution is -2.55. The van der Waals surface area contributed by atoms with Crippen LogP contribution in [0.5, 0.6) is 0 Å². The Balaban J connectivity index is 0.00000220. The number of aliphatic carboxylic acids is 1. The summed E-state index contributed by atoms with van der Waals surface area (Å²) in [6.07, 6.45) is 0.607. The second-order valence-corrected chi connectivity index (χ2v) is 7.40. The molecule has 0 saturated carbocycles. The summed E-state index contributed by atoms with van der Waals surface area (Å²) in [5, 5.41) is 15.0. The molecule has 0 spiro atoms. The van der Waals surface area contributed by atoms with Gasteiger partial charge in [0.1, 0.15) is 12.1 Å². The number of hydrogen-bond acceptors (Lipinski definition) is 6. The Hall–Kier alpha value is -3.47. The molecule has 32 heavy (non-hydrogen) atoms. The molecule has 0 heterocycles. The van der Waals surface area contributed by atoms with Crippen LogP contribution >= 0.6 is 0 Å². The monoisotopic (exact) mass is 451 g/mol. The Morgan fingerprint density at radius 3 is 2.00 bits per heavy atom. The Morgan fingerprint density at radius 1 is 0.969 bits per heavy atom. The van der Waals surface area contributed by atoms with Crippen LogP contribution in [0.1, 0.15) is 32.8 Å². The fourth-order valence-corrected chi connectivity index (χ4v) is 2.55. The summed E-state index contributed by atoms with van der Waals surface area (Å²) < 4.78 is 0. The van der Waals surface area contributed by atoms with Gasteiger partial charge >= 0.3 is 0 Å². The van der Waals surface area contributed by atoms with Gasteiger partial charge in [0.2, 0.25) is 23.6 Å². The first-order valence-electron chi connectivity index (χ1n) is 10.1. The molecule has 11 heteroatoms. The van der Waals surface area contributed by atoms with Gasteiger partial charge in [0.15, 0.2) is 0 Å². The Kier molecular flexibility index (Phi) is 13.7. The molecule has 1 aromatic rings. The van der Waals surface area contributed by atoms with Crippen LogP contribution in [0, 0.1) is 5.92 Å². The number of primary amides is 1. The molecule has 4 amide bonds. The molecule has 0 unspecified atom stereocenters. The van der Waals surface area contributed by atoms with E-state index in [0.29, 0.717) is 6.42 Å². The van der Waals surface area contributed by atoms with Crippen LogP contribution in [0.4, 0.5) is 0 Å². The normalized spacial score (nSPS) is 11.9. The number of carbonyl (C=O) groups excluding carboxylic acids is 4. The average Bonchev–Trinajstić information content (AvgIpc) is 2.70. The molecule has 178 valence electrons. The van der Waals surface area contributed by atoms with E-state index in [-0.39, 0.29) is 25.4 Å². The van der Waals surface area contributed by atoms with Gasteiger partial charge in [-0.25, -0.2) is 0 Å². The molecule has 0 aliphatic heterocycles. The second kappa shape index (κ2) is 15.3. The zero-order valence-corrected chi connectivity index (χ0v) is 18.6. The highest BCUT2D eigenvalue weighted by Gasteiger charge is 2.26. The summed E-state index contributed by atoms with van der Waals surface area (Å²) in [6.45, 7) is 4.35. The number of rotatable bonds is 11.